The molecule has 0 bridgehead atoms. The van der Waals surface area contributed by atoms with E-state index in [1.54, 1.807) is 0 Å². The Morgan fingerprint density at radius 2 is 0.732 bits per heavy atom. The Morgan fingerprint density at radius 3 is 1.14 bits per heavy atom. The van der Waals surface area contributed by atoms with E-state index in [1.165, 1.54) is 257 Å². The molecular formula is C65H123NO5. The van der Waals surface area contributed by atoms with Gasteiger partial charge in [0.1, 0.15) is 0 Å². The average Bonchev–Trinajstić information content (AvgIpc) is 3.37. The van der Waals surface area contributed by atoms with Gasteiger partial charge in [-0.25, -0.2) is 0 Å². The Hall–Kier alpha value is -1.92. The van der Waals surface area contributed by atoms with Gasteiger partial charge in [-0.2, -0.15) is 0 Å². The van der Waals surface area contributed by atoms with Crippen LogP contribution in [0.15, 0.2) is 36.5 Å². The van der Waals surface area contributed by atoms with Crippen LogP contribution in [0.25, 0.3) is 0 Å². The summed E-state index contributed by atoms with van der Waals surface area (Å²) in [4.78, 5) is 24.4. The molecule has 0 aliphatic heterocycles. The molecule has 6 heteroatoms. The molecule has 418 valence electrons. The average molecular weight is 999 g/mol. The number of amides is 1. The van der Waals surface area contributed by atoms with Crippen LogP contribution in [0.2, 0.25) is 0 Å². The smallest absolute Gasteiger partial charge is 0.305 e. The van der Waals surface area contributed by atoms with E-state index in [-0.39, 0.29) is 18.5 Å². The van der Waals surface area contributed by atoms with Gasteiger partial charge < -0.3 is 20.3 Å². The highest BCUT2D eigenvalue weighted by Crippen LogP contribution is 2.18. The lowest BCUT2D eigenvalue weighted by molar-refractivity contribution is -0.143. The Labute approximate surface area is 443 Å². The van der Waals surface area contributed by atoms with Gasteiger partial charge in [0, 0.05) is 12.8 Å². The SMILES string of the molecule is CCC/C=C\C/C=C\CCCCCCCC(=O)OCCCCCCCCCCCCCC/C=C\CCCCCCCCCCCCCCCCCCC(=O)NC(CO)C(O)CCCCCCCCCCC. The van der Waals surface area contributed by atoms with Gasteiger partial charge in [-0.3, -0.25) is 9.59 Å². The van der Waals surface area contributed by atoms with Gasteiger partial charge in [0.25, 0.3) is 0 Å². The van der Waals surface area contributed by atoms with Crippen molar-refractivity contribution in [2.24, 2.45) is 0 Å². The summed E-state index contributed by atoms with van der Waals surface area (Å²) in [6.45, 7) is 4.87. The van der Waals surface area contributed by atoms with Crippen LogP contribution in [0.5, 0.6) is 0 Å². The van der Waals surface area contributed by atoms with Gasteiger partial charge in [-0.05, 0) is 77.0 Å². The molecule has 1 amide bonds. The third kappa shape index (κ3) is 57.2. The number of carbonyl (C=O) groups is 2. The Bertz CT molecular complexity index is 1150. The molecule has 0 radical (unpaired) electrons. The molecule has 0 saturated carbocycles. The summed E-state index contributed by atoms with van der Waals surface area (Å²) in [5.41, 5.74) is 0. The first kappa shape index (κ1) is 69.1. The van der Waals surface area contributed by atoms with Crippen molar-refractivity contribution in [1.82, 2.24) is 5.32 Å². The van der Waals surface area contributed by atoms with E-state index >= 15 is 0 Å². The molecule has 0 saturated heterocycles. The minimum Gasteiger partial charge on any atom is -0.466 e. The maximum Gasteiger partial charge on any atom is 0.305 e. The number of rotatable bonds is 59. The van der Waals surface area contributed by atoms with Crippen LogP contribution in [0.3, 0.4) is 0 Å². The molecule has 0 aromatic carbocycles. The highest BCUT2D eigenvalue weighted by molar-refractivity contribution is 5.76. The Morgan fingerprint density at radius 1 is 0.394 bits per heavy atom. The van der Waals surface area contributed by atoms with Crippen LogP contribution in [0, 0.1) is 0 Å². The second-order valence-electron chi connectivity index (χ2n) is 21.7. The van der Waals surface area contributed by atoms with E-state index in [0.717, 1.165) is 51.4 Å². The summed E-state index contributed by atoms with van der Waals surface area (Å²) >= 11 is 0. The van der Waals surface area contributed by atoms with Crippen molar-refractivity contribution in [3.05, 3.63) is 36.5 Å². The van der Waals surface area contributed by atoms with Gasteiger partial charge in [-0.1, -0.05) is 288 Å². The summed E-state index contributed by atoms with van der Waals surface area (Å²) in [6, 6.07) is -0.537. The van der Waals surface area contributed by atoms with Crippen LogP contribution >= 0.6 is 0 Å². The van der Waals surface area contributed by atoms with Gasteiger partial charge in [0.2, 0.25) is 5.91 Å². The number of aliphatic hydroxyl groups excluding tert-OH is 2. The number of unbranched alkanes of at least 4 members (excludes halogenated alkanes) is 42. The third-order valence-electron chi connectivity index (χ3n) is 14.6. The van der Waals surface area contributed by atoms with Gasteiger partial charge in [0.05, 0.1) is 25.4 Å². The number of esters is 1. The molecule has 2 unspecified atom stereocenters. The van der Waals surface area contributed by atoms with Crippen LogP contribution in [0.4, 0.5) is 0 Å². The molecule has 0 aliphatic rings. The molecule has 0 rings (SSSR count). The van der Waals surface area contributed by atoms with E-state index in [0.29, 0.717) is 25.9 Å². The highest BCUT2D eigenvalue weighted by atomic mass is 16.5. The van der Waals surface area contributed by atoms with Crippen molar-refractivity contribution in [2.45, 2.75) is 353 Å². The summed E-state index contributed by atoms with van der Waals surface area (Å²) in [5, 5.41) is 23.1. The summed E-state index contributed by atoms with van der Waals surface area (Å²) < 4.78 is 5.47. The Kier molecular flexibility index (Phi) is 59.0. The topological polar surface area (TPSA) is 95.9 Å². The summed E-state index contributed by atoms with van der Waals surface area (Å²) in [5.74, 6) is -0.0314. The zero-order chi connectivity index (χ0) is 51.4. The van der Waals surface area contributed by atoms with Gasteiger partial charge >= 0.3 is 5.97 Å². The fourth-order valence-corrected chi connectivity index (χ4v) is 9.79. The van der Waals surface area contributed by atoms with Gasteiger partial charge in [-0.15, -0.1) is 0 Å². The Balaban J connectivity index is 3.33. The lowest BCUT2D eigenvalue weighted by Gasteiger charge is -2.22. The molecule has 0 aromatic rings. The van der Waals surface area contributed by atoms with Crippen molar-refractivity contribution in [1.29, 1.82) is 0 Å². The number of aliphatic hydroxyl groups is 2. The van der Waals surface area contributed by atoms with E-state index in [9.17, 15) is 19.8 Å². The van der Waals surface area contributed by atoms with Crippen LogP contribution in [0.1, 0.15) is 341 Å². The number of carbonyl (C=O) groups excluding carboxylic acids is 2. The molecular weight excluding hydrogens is 875 g/mol. The number of nitrogens with one attached hydrogen (secondary N) is 1. The zero-order valence-electron chi connectivity index (χ0n) is 47.7. The highest BCUT2D eigenvalue weighted by Gasteiger charge is 2.20. The first-order valence-electron chi connectivity index (χ1n) is 31.7. The minimum absolute atomic E-state index is 0.00261. The molecule has 6 nitrogen and oxygen atoms in total. The van der Waals surface area contributed by atoms with Crippen LogP contribution in [-0.2, 0) is 14.3 Å². The fourth-order valence-electron chi connectivity index (χ4n) is 9.79. The standard InChI is InChI=1S/C65H123NO5/c1-3-5-7-9-11-13-14-35-39-43-47-51-55-59-65(70)71-60-56-52-48-44-40-37-34-32-30-28-26-24-22-20-18-16-15-17-19-21-23-25-27-29-31-33-36-38-42-46-50-54-58-64(69)66-62(61-67)63(68)57-53-49-45-41-12-10-8-6-4-2/h7,9,13-14,18,20,62-63,67-68H,3-6,8,10-12,15-17,19,21-61H2,1-2H3,(H,66,69)/b9-7-,14-13-,20-18-. The summed E-state index contributed by atoms with van der Waals surface area (Å²) in [6.07, 6.45) is 76.2. The number of ether oxygens (including phenoxy) is 1. The first-order chi connectivity index (χ1) is 35.0. The molecule has 0 heterocycles. The van der Waals surface area contributed by atoms with Crippen molar-refractivity contribution < 1.29 is 24.5 Å². The lowest BCUT2D eigenvalue weighted by atomic mass is 10.0. The molecule has 0 aliphatic carbocycles. The molecule has 0 fully saturated rings. The first-order valence-corrected chi connectivity index (χ1v) is 31.7. The van der Waals surface area contributed by atoms with E-state index in [1.807, 2.05) is 0 Å². The minimum atomic E-state index is -0.660. The van der Waals surface area contributed by atoms with Crippen molar-refractivity contribution >= 4 is 11.9 Å². The van der Waals surface area contributed by atoms with Gasteiger partial charge in [0.15, 0.2) is 0 Å². The molecule has 3 N–H and O–H groups in total. The second kappa shape index (κ2) is 60.6. The summed E-state index contributed by atoms with van der Waals surface area (Å²) in [7, 11) is 0. The van der Waals surface area contributed by atoms with E-state index in [2.05, 4.69) is 55.6 Å². The van der Waals surface area contributed by atoms with Crippen molar-refractivity contribution in [2.75, 3.05) is 13.2 Å². The molecule has 0 spiro atoms. The number of hydrogen-bond donors (Lipinski definition) is 3. The normalized spacial score (nSPS) is 12.8. The predicted molar refractivity (Wildman–Crippen MR) is 310 cm³/mol. The molecule has 0 aromatic heterocycles. The number of allylic oxidation sites excluding steroid dienone is 6. The number of hydrogen-bond acceptors (Lipinski definition) is 5. The fraction of sp³-hybridized carbons (Fsp3) is 0.877. The zero-order valence-corrected chi connectivity index (χ0v) is 47.7. The van der Waals surface area contributed by atoms with Crippen LogP contribution < -0.4 is 5.32 Å². The molecule has 71 heavy (non-hydrogen) atoms. The molecule has 2 atom stereocenters. The van der Waals surface area contributed by atoms with Crippen molar-refractivity contribution in [3.63, 3.8) is 0 Å². The van der Waals surface area contributed by atoms with E-state index in [4.69, 9.17) is 4.74 Å². The lowest BCUT2D eigenvalue weighted by Crippen LogP contribution is -2.45. The maximum atomic E-state index is 12.4. The second-order valence-corrected chi connectivity index (χ2v) is 21.7. The van der Waals surface area contributed by atoms with E-state index < -0.39 is 12.1 Å². The third-order valence-corrected chi connectivity index (χ3v) is 14.6. The van der Waals surface area contributed by atoms with Crippen LogP contribution in [-0.4, -0.2) is 47.4 Å². The largest absolute Gasteiger partial charge is 0.466 e. The maximum absolute atomic E-state index is 12.4. The van der Waals surface area contributed by atoms with Crippen molar-refractivity contribution in [3.8, 4) is 0 Å². The monoisotopic (exact) mass is 998 g/mol. The predicted octanol–water partition coefficient (Wildman–Crippen LogP) is 20.0. The quantitative estimate of drug-likeness (QED) is 0.0321.